The number of fused-ring (bicyclic) bond motifs is 1. The first kappa shape index (κ1) is 16.9. The van der Waals surface area contributed by atoms with Gasteiger partial charge < -0.3 is 19.7 Å². The van der Waals surface area contributed by atoms with Crippen LogP contribution in [0.3, 0.4) is 0 Å². The fourth-order valence-corrected chi connectivity index (χ4v) is 3.82. The smallest absolute Gasteiger partial charge is 0.257 e. The Morgan fingerprint density at radius 1 is 1.27 bits per heavy atom. The molecule has 0 aliphatic carbocycles. The van der Waals surface area contributed by atoms with Crippen molar-refractivity contribution in [1.82, 2.24) is 4.90 Å². The number of para-hydroxylation sites is 1. The molecule has 1 N–H and O–H groups in total. The van der Waals surface area contributed by atoms with Crippen LogP contribution in [0.25, 0.3) is 0 Å². The van der Waals surface area contributed by atoms with Gasteiger partial charge >= 0.3 is 0 Å². The molecule has 136 valence electrons. The van der Waals surface area contributed by atoms with Gasteiger partial charge in [-0.1, -0.05) is 18.2 Å². The second-order valence-electron chi connectivity index (χ2n) is 6.91. The molecule has 0 saturated carbocycles. The zero-order chi connectivity index (χ0) is 18.1. The quantitative estimate of drug-likeness (QED) is 0.910. The summed E-state index contributed by atoms with van der Waals surface area (Å²) >= 11 is 0. The van der Waals surface area contributed by atoms with Gasteiger partial charge in [-0.25, -0.2) is 0 Å². The predicted molar refractivity (Wildman–Crippen MR) is 101 cm³/mol. The number of amides is 1. The van der Waals surface area contributed by atoms with E-state index in [0.29, 0.717) is 12.1 Å². The van der Waals surface area contributed by atoms with Gasteiger partial charge in [-0.3, -0.25) is 4.79 Å². The number of methoxy groups -OCH3 is 1. The van der Waals surface area contributed by atoms with E-state index < -0.39 is 0 Å². The van der Waals surface area contributed by atoms with Crippen molar-refractivity contribution < 1.29 is 14.3 Å². The average Bonchev–Trinajstić information content (AvgIpc) is 3.17. The number of nitrogens with one attached hydrogen (secondary N) is 1. The SMILES string of the molecule is COc1ccc([C@@H]2Nc3ccccc3C(=O)N2C[C@H]2CCCO2)cc1C. The number of carbonyl (C=O) groups is 1. The summed E-state index contributed by atoms with van der Waals surface area (Å²) in [6.45, 7) is 3.39. The Bertz CT molecular complexity index is 815. The monoisotopic (exact) mass is 352 g/mol. The predicted octanol–water partition coefficient (Wildman–Crippen LogP) is 3.75. The van der Waals surface area contributed by atoms with Crippen LogP contribution in [0.4, 0.5) is 5.69 Å². The standard InChI is InChI=1S/C21H24N2O3/c1-14-12-15(9-10-19(14)25-2)20-22-18-8-4-3-7-17(18)21(24)23(20)13-16-6-5-11-26-16/h3-4,7-10,12,16,20,22H,5-6,11,13H2,1-2H3/t16-,20-/m1/s1. The molecule has 1 saturated heterocycles. The van der Waals surface area contributed by atoms with Crippen LogP contribution in [-0.2, 0) is 4.74 Å². The lowest BCUT2D eigenvalue weighted by atomic mass is 10.0. The number of rotatable bonds is 4. The molecule has 5 heteroatoms. The molecule has 4 rings (SSSR count). The highest BCUT2D eigenvalue weighted by Crippen LogP contribution is 2.35. The lowest BCUT2D eigenvalue weighted by Gasteiger charge is -2.39. The highest BCUT2D eigenvalue weighted by molar-refractivity contribution is 6.01. The molecule has 5 nitrogen and oxygen atoms in total. The summed E-state index contributed by atoms with van der Waals surface area (Å²) in [5.74, 6) is 0.898. The Labute approximate surface area is 153 Å². The fourth-order valence-electron chi connectivity index (χ4n) is 3.82. The number of hydrogen-bond donors (Lipinski definition) is 1. The molecule has 1 amide bonds. The summed E-state index contributed by atoms with van der Waals surface area (Å²) in [7, 11) is 1.67. The van der Waals surface area contributed by atoms with Crippen LogP contribution in [-0.4, -0.2) is 37.2 Å². The van der Waals surface area contributed by atoms with E-state index in [-0.39, 0.29) is 18.2 Å². The summed E-state index contributed by atoms with van der Waals surface area (Å²) in [6, 6.07) is 13.8. The van der Waals surface area contributed by atoms with Gasteiger partial charge in [-0.2, -0.15) is 0 Å². The first-order chi connectivity index (χ1) is 12.7. The lowest BCUT2D eigenvalue weighted by Crippen LogP contribution is -2.46. The molecule has 2 aromatic rings. The zero-order valence-corrected chi connectivity index (χ0v) is 15.2. The number of carbonyl (C=O) groups excluding carboxylic acids is 1. The van der Waals surface area contributed by atoms with E-state index in [1.54, 1.807) is 7.11 Å². The molecular weight excluding hydrogens is 328 g/mol. The van der Waals surface area contributed by atoms with Crippen LogP contribution in [0, 0.1) is 6.92 Å². The van der Waals surface area contributed by atoms with Crippen molar-refractivity contribution in [2.75, 3.05) is 25.6 Å². The van der Waals surface area contributed by atoms with E-state index in [1.807, 2.05) is 48.2 Å². The van der Waals surface area contributed by atoms with Crippen LogP contribution >= 0.6 is 0 Å². The zero-order valence-electron chi connectivity index (χ0n) is 15.2. The highest BCUT2D eigenvalue weighted by atomic mass is 16.5. The molecule has 0 spiro atoms. The molecular formula is C21H24N2O3. The lowest BCUT2D eigenvalue weighted by molar-refractivity contribution is 0.0427. The van der Waals surface area contributed by atoms with Crippen LogP contribution in [0.1, 0.15) is 40.5 Å². The maximum Gasteiger partial charge on any atom is 0.257 e. The molecule has 2 heterocycles. The molecule has 1 fully saturated rings. The summed E-state index contributed by atoms with van der Waals surface area (Å²) in [5, 5.41) is 3.54. The van der Waals surface area contributed by atoms with Crippen molar-refractivity contribution in [3.63, 3.8) is 0 Å². The number of ether oxygens (including phenoxy) is 2. The average molecular weight is 352 g/mol. The molecule has 0 bridgehead atoms. The van der Waals surface area contributed by atoms with Crippen LogP contribution in [0.2, 0.25) is 0 Å². The third-order valence-electron chi connectivity index (χ3n) is 5.18. The third kappa shape index (κ3) is 3.03. The van der Waals surface area contributed by atoms with Gasteiger partial charge in [0.1, 0.15) is 11.9 Å². The molecule has 0 aromatic heterocycles. The van der Waals surface area contributed by atoms with Crippen molar-refractivity contribution in [3.05, 3.63) is 59.2 Å². The molecule has 0 radical (unpaired) electrons. The third-order valence-corrected chi connectivity index (χ3v) is 5.18. The van der Waals surface area contributed by atoms with Gasteiger partial charge in [0.05, 0.1) is 18.8 Å². The van der Waals surface area contributed by atoms with Crippen molar-refractivity contribution >= 4 is 11.6 Å². The Balaban J connectivity index is 1.71. The van der Waals surface area contributed by atoms with E-state index in [0.717, 1.165) is 42.0 Å². The number of nitrogens with zero attached hydrogens (tertiary/aromatic N) is 1. The van der Waals surface area contributed by atoms with Gasteiger partial charge in [0.15, 0.2) is 0 Å². The van der Waals surface area contributed by atoms with E-state index >= 15 is 0 Å². The number of aryl methyl sites for hydroxylation is 1. The van der Waals surface area contributed by atoms with E-state index in [9.17, 15) is 4.79 Å². The Morgan fingerprint density at radius 2 is 2.12 bits per heavy atom. The number of anilines is 1. The van der Waals surface area contributed by atoms with Gasteiger partial charge in [-0.05, 0) is 55.2 Å². The van der Waals surface area contributed by atoms with Crippen molar-refractivity contribution in [2.45, 2.75) is 32.0 Å². The second-order valence-corrected chi connectivity index (χ2v) is 6.91. The van der Waals surface area contributed by atoms with E-state index in [2.05, 4.69) is 11.4 Å². The Hall–Kier alpha value is -2.53. The summed E-state index contributed by atoms with van der Waals surface area (Å²) in [5.41, 5.74) is 3.69. The minimum Gasteiger partial charge on any atom is -0.496 e. The maximum absolute atomic E-state index is 13.2. The molecule has 26 heavy (non-hydrogen) atoms. The first-order valence-electron chi connectivity index (χ1n) is 9.10. The Kier molecular flexibility index (Phi) is 4.55. The van der Waals surface area contributed by atoms with Crippen LogP contribution in [0.5, 0.6) is 5.75 Å². The van der Waals surface area contributed by atoms with Gasteiger partial charge in [0, 0.05) is 18.8 Å². The second kappa shape index (κ2) is 7.00. The maximum atomic E-state index is 13.2. The summed E-state index contributed by atoms with van der Waals surface area (Å²) in [4.78, 5) is 15.1. The normalized spacial score (nSPS) is 22.1. The largest absolute Gasteiger partial charge is 0.496 e. The minimum absolute atomic E-state index is 0.0494. The minimum atomic E-state index is -0.216. The molecule has 2 atom stereocenters. The first-order valence-corrected chi connectivity index (χ1v) is 9.10. The van der Waals surface area contributed by atoms with Crippen molar-refractivity contribution in [1.29, 1.82) is 0 Å². The van der Waals surface area contributed by atoms with Gasteiger partial charge in [0.2, 0.25) is 0 Å². The van der Waals surface area contributed by atoms with Crippen LogP contribution in [0.15, 0.2) is 42.5 Å². The molecule has 0 unspecified atom stereocenters. The topological polar surface area (TPSA) is 50.8 Å². The fraction of sp³-hybridized carbons (Fsp3) is 0.381. The summed E-state index contributed by atoms with van der Waals surface area (Å²) < 4.78 is 11.2. The number of hydrogen-bond acceptors (Lipinski definition) is 4. The highest BCUT2D eigenvalue weighted by Gasteiger charge is 2.35. The van der Waals surface area contributed by atoms with E-state index in [1.165, 1.54) is 0 Å². The van der Waals surface area contributed by atoms with Crippen molar-refractivity contribution in [2.24, 2.45) is 0 Å². The van der Waals surface area contributed by atoms with Gasteiger partial charge in [-0.15, -0.1) is 0 Å². The van der Waals surface area contributed by atoms with Crippen molar-refractivity contribution in [3.8, 4) is 5.75 Å². The molecule has 2 aliphatic rings. The van der Waals surface area contributed by atoms with Gasteiger partial charge in [0.25, 0.3) is 5.91 Å². The number of benzene rings is 2. The Morgan fingerprint density at radius 3 is 2.85 bits per heavy atom. The van der Waals surface area contributed by atoms with E-state index in [4.69, 9.17) is 9.47 Å². The molecule has 2 aliphatic heterocycles. The molecule has 2 aromatic carbocycles. The summed E-state index contributed by atoms with van der Waals surface area (Å²) in [6.07, 6.45) is 1.95. The van der Waals surface area contributed by atoms with Crippen LogP contribution < -0.4 is 10.1 Å².